The Morgan fingerprint density at radius 2 is 1.91 bits per heavy atom. The van der Waals surface area contributed by atoms with Crippen molar-refractivity contribution >= 4 is 11.9 Å². The van der Waals surface area contributed by atoms with E-state index >= 15 is 0 Å². The highest BCUT2D eigenvalue weighted by Crippen LogP contribution is 2.15. The van der Waals surface area contributed by atoms with Crippen LogP contribution in [0.3, 0.4) is 0 Å². The molecule has 0 radical (unpaired) electrons. The average Bonchev–Trinajstić information content (AvgIpc) is 2.95. The van der Waals surface area contributed by atoms with Crippen molar-refractivity contribution in [1.29, 1.82) is 0 Å². The van der Waals surface area contributed by atoms with Crippen molar-refractivity contribution in [3.05, 3.63) is 47.8 Å². The van der Waals surface area contributed by atoms with Crippen LogP contribution in [0.15, 0.2) is 36.5 Å². The molecule has 0 saturated carbocycles. The Morgan fingerprint density at radius 3 is 2.50 bits per heavy atom. The van der Waals surface area contributed by atoms with Crippen LogP contribution in [0.25, 0.3) is 0 Å². The minimum Gasteiger partial charge on any atom is -0.480 e. The summed E-state index contributed by atoms with van der Waals surface area (Å²) in [6.07, 6.45) is 1.52. The summed E-state index contributed by atoms with van der Waals surface area (Å²) in [5.41, 5.74) is -0.168. The maximum atomic E-state index is 12.3. The zero-order valence-electron chi connectivity index (χ0n) is 12.7. The summed E-state index contributed by atoms with van der Waals surface area (Å²) in [5.74, 6) is -1.56. The fourth-order valence-corrected chi connectivity index (χ4v) is 1.81. The molecule has 0 atom stereocenters. The van der Waals surface area contributed by atoms with E-state index in [0.29, 0.717) is 6.54 Å². The molecule has 0 aliphatic heterocycles. The first-order chi connectivity index (χ1) is 10.3. The molecule has 22 heavy (non-hydrogen) atoms. The van der Waals surface area contributed by atoms with E-state index in [0.717, 1.165) is 10.5 Å². The van der Waals surface area contributed by atoms with E-state index in [-0.39, 0.29) is 5.69 Å². The highest BCUT2D eigenvalue weighted by Gasteiger charge is 2.36. The second-order valence-electron chi connectivity index (χ2n) is 5.52. The van der Waals surface area contributed by atoms with Gasteiger partial charge < -0.3 is 10.0 Å². The van der Waals surface area contributed by atoms with Gasteiger partial charge in [0.05, 0.1) is 12.7 Å². The lowest BCUT2D eigenvalue weighted by Gasteiger charge is -2.30. The predicted molar refractivity (Wildman–Crippen MR) is 79.4 cm³/mol. The summed E-state index contributed by atoms with van der Waals surface area (Å²) >= 11 is 0. The molecule has 1 heterocycles. The molecular weight excluding hydrogens is 284 g/mol. The molecule has 0 saturated heterocycles. The molecular formula is C15H18N4O3. The molecule has 2 aromatic rings. The first kappa shape index (κ1) is 15.7. The molecule has 0 bridgehead atoms. The third kappa shape index (κ3) is 3.13. The Hall–Kier alpha value is -2.70. The van der Waals surface area contributed by atoms with Gasteiger partial charge in [-0.3, -0.25) is 4.79 Å². The number of aliphatic carboxylic acids is 1. The number of carboxylic acids is 1. The number of amides is 1. The van der Waals surface area contributed by atoms with Gasteiger partial charge in [0.25, 0.3) is 5.91 Å². The molecule has 116 valence electrons. The Labute approximate surface area is 128 Å². The molecule has 1 N–H and O–H groups in total. The monoisotopic (exact) mass is 302 g/mol. The largest absolute Gasteiger partial charge is 0.480 e. The maximum Gasteiger partial charge on any atom is 0.329 e. The lowest BCUT2D eigenvalue weighted by molar-refractivity contribution is -0.147. The van der Waals surface area contributed by atoms with Crippen LogP contribution in [0.1, 0.15) is 29.9 Å². The van der Waals surface area contributed by atoms with Crippen LogP contribution in [-0.2, 0) is 11.3 Å². The number of benzene rings is 1. The summed E-state index contributed by atoms with van der Waals surface area (Å²) in [6, 6.07) is 9.65. The van der Waals surface area contributed by atoms with Gasteiger partial charge in [0.2, 0.25) is 0 Å². The second kappa shape index (κ2) is 5.97. The van der Waals surface area contributed by atoms with Crippen molar-refractivity contribution in [1.82, 2.24) is 19.9 Å². The lowest BCUT2D eigenvalue weighted by Crippen LogP contribution is -2.50. The lowest BCUT2D eigenvalue weighted by atomic mass is 10.0. The first-order valence-corrected chi connectivity index (χ1v) is 6.78. The third-order valence-corrected chi connectivity index (χ3v) is 3.61. The van der Waals surface area contributed by atoms with E-state index in [2.05, 4.69) is 10.3 Å². The quantitative estimate of drug-likeness (QED) is 0.898. The van der Waals surface area contributed by atoms with Gasteiger partial charge in [0, 0.05) is 7.05 Å². The van der Waals surface area contributed by atoms with Crippen molar-refractivity contribution in [3.63, 3.8) is 0 Å². The highest BCUT2D eigenvalue weighted by molar-refractivity contribution is 5.95. The molecule has 1 amide bonds. The van der Waals surface area contributed by atoms with Crippen LogP contribution < -0.4 is 0 Å². The summed E-state index contributed by atoms with van der Waals surface area (Å²) in [7, 11) is 1.44. The number of carbonyl (C=O) groups excluding carboxylic acids is 1. The van der Waals surface area contributed by atoms with Crippen molar-refractivity contribution in [2.75, 3.05) is 7.05 Å². The zero-order chi connectivity index (χ0) is 16.3. The topological polar surface area (TPSA) is 88.3 Å². The molecule has 0 unspecified atom stereocenters. The van der Waals surface area contributed by atoms with Gasteiger partial charge in [0.15, 0.2) is 5.69 Å². The Bertz CT molecular complexity index is 679. The molecule has 1 aromatic carbocycles. The average molecular weight is 302 g/mol. The van der Waals surface area contributed by atoms with Crippen molar-refractivity contribution in [2.24, 2.45) is 0 Å². The van der Waals surface area contributed by atoms with Gasteiger partial charge in [-0.15, -0.1) is 5.10 Å². The van der Waals surface area contributed by atoms with Crippen molar-refractivity contribution in [2.45, 2.75) is 25.9 Å². The summed E-state index contributed by atoms with van der Waals surface area (Å²) in [4.78, 5) is 24.7. The van der Waals surface area contributed by atoms with Gasteiger partial charge in [-0.05, 0) is 19.4 Å². The van der Waals surface area contributed by atoms with E-state index in [9.17, 15) is 14.7 Å². The number of hydrogen-bond acceptors (Lipinski definition) is 4. The van der Waals surface area contributed by atoms with Crippen LogP contribution in [0.4, 0.5) is 0 Å². The summed E-state index contributed by atoms with van der Waals surface area (Å²) in [6.45, 7) is 3.41. The molecule has 0 aliphatic rings. The van der Waals surface area contributed by atoms with Crippen LogP contribution in [0.5, 0.6) is 0 Å². The van der Waals surface area contributed by atoms with E-state index in [1.54, 1.807) is 4.68 Å². The zero-order valence-corrected chi connectivity index (χ0v) is 12.7. The summed E-state index contributed by atoms with van der Waals surface area (Å²) in [5, 5.41) is 16.9. The molecule has 0 aliphatic carbocycles. The fraction of sp³-hybridized carbons (Fsp3) is 0.333. The number of aromatic nitrogens is 3. The fourth-order valence-electron chi connectivity index (χ4n) is 1.81. The minimum absolute atomic E-state index is 0.118. The van der Waals surface area contributed by atoms with Crippen LogP contribution in [0.2, 0.25) is 0 Å². The number of hydrogen-bond donors (Lipinski definition) is 1. The molecule has 1 aromatic heterocycles. The Kier molecular flexibility index (Phi) is 4.25. The Morgan fingerprint density at radius 1 is 1.27 bits per heavy atom. The number of carboxylic acid groups (broad SMARTS) is 1. The number of nitrogens with zero attached hydrogens (tertiary/aromatic N) is 4. The van der Waals surface area contributed by atoms with Crippen LogP contribution in [0, 0.1) is 0 Å². The third-order valence-electron chi connectivity index (χ3n) is 3.61. The van der Waals surface area contributed by atoms with E-state index in [1.807, 2.05) is 30.3 Å². The van der Waals surface area contributed by atoms with Crippen molar-refractivity contribution in [3.8, 4) is 0 Å². The standard InChI is InChI=1S/C15H18N4O3/c1-15(2,14(21)22)18(3)13(20)12-10-19(17-16-12)9-11-7-5-4-6-8-11/h4-8,10H,9H2,1-3H3,(H,21,22). The molecule has 0 spiro atoms. The first-order valence-electron chi connectivity index (χ1n) is 6.78. The highest BCUT2D eigenvalue weighted by atomic mass is 16.4. The number of likely N-dealkylation sites (N-methyl/N-ethyl adjacent to an activating group) is 1. The Balaban J connectivity index is 2.14. The number of rotatable bonds is 5. The van der Waals surface area contributed by atoms with E-state index in [1.165, 1.54) is 27.1 Å². The molecule has 2 rings (SSSR count). The predicted octanol–water partition coefficient (Wildman–Crippen LogP) is 1.26. The smallest absolute Gasteiger partial charge is 0.329 e. The van der Waals surface area contributed by atoms with Gasteiger partial charge in [0.1, 0.15) is 5.54 Å². The maximum absolute atomic E-state index is 12.3. The van der Waals surface area contributed by atoms with Gasteiger partial charge >= 0.3 is 5.97 Å². The van der Waals surface area contributed by atoms with Gasteiger partial charge in [-0.25, -0.2) is 9.48 Å². The van der Waals surface area contributed by atoms with Crippen molar-refractivity contribution < 1.29 is 14.7 Å². The number of carbonyl (C=O) groups is 2. The van der Waals surface area contributed by atoms with Gasteiger partial charge in [-0.1, -0.05) is 35.5 Å². The minimum atomic E-state index is -1.32. The van der Waals surface area contributed by atoms with E-state index in [4.69, 9.17) is 0 Å². The van der Waals surface area contributed by atoms with Gasteiger partial charge in [-0.2, -0.15) is 0 Å². The molecule has 0 fully saturated rings. The molecule has 7 heteroatoms. The SMILES string of the molecule is CN(C(=O)c1cn(Cc2ccccc2)nn1)C(C)(C)C(=O)O. The normalized spacial score (nSPS) is 11.2. The van der Waals surface area contributed by atoms with E-state index < -0.39 is 17.4 Å². The van der Waals surface area contributed by atoms with Crippen LogP contribution in [-0.4, -0.2) is 49.5 Å². The van der Waals surface area contributed by atoms with Crippen LogP contribution >= 0.6 is 0 Å². The summed E-state index contributed by atoms with van der Waals surface area (Å²) < 4.78 is 1.55. The molecule has 7 nitrogen and oxygen atoms in total. The second-order valence-corrected chi connectivity index (χ2v) is 5.52.